The van der Waals surface area contributed by atoms with E-state index in [1.807, 2.05) is 0 Å². The van der Waals surface area contributed by atoms with Gasteiger partial charge in [0.25, 0.3) is 0 Å². The zero-order valence-corrected chi connectivity index (χ0v) is 14.8. The van der Waals surface area contributed by atoms with Gasteiger partial charge in [0.05, 0.1) is 5.54 Å². The Hall–Kier alpha value is -0.160. The lowest BCUT2D eigenvalue weighted by atomic mass is 10.1. The van der Waals surface area contributed by atoms with E-state index >= 15 is 0 Å². The molecule has 0 bridgehead atoms. The van der Waals surface area contributed by atoms with E-state index in [1.54, 1.807) is 0 Å². The van der Waals surface area contributed by atoms with Gasteiger partial charge in [-0.25, -0.2) is 10.9 Å². The van der Waals surface area contributed by atoms with Crippen molar-refractivity contribution in [2.24, 2.45) is 5.92 Å². The van der Waals surface area contributed by atoms with Gasteiger partial charge in [-0.15, -0.1) is 0 Å². The van der Waals surface area contributed by atoms with Crippen LogP contribution in [0.2, 0.25) is 0 Å². The molecule has 0 spiro atoms. The van der Waals surface area contributed by atoms with Crippen LogP contribution >= 0.6 is 0 Å². The first-order chi connectivity index (χ1) is 9.33. The van der Waals surface area contributed by atoms with Gasteiger partial charge >= 0.3 is 0 Å². The molecule has 0 radical (unpaired) electrons. The smallest absolute Gasteiger partial charge is 0.0577 e. The largest absolute Gasteiger partial charge is 0.315 e. The molecule has 0 aliphatic rings. The lowest BCUT2D eigenvalue weighted by Crippen LogP contribution is -2.64. The highest BCUT2D eigenvalue weighted by atomic mass is 15.8. The number of nitrogens with one attached hydrogen (secondary N) is 3. The quantitative estimate of drug-likeness (QED) is 0.381. The Bertz CT molecular complexity index is 229. The van der Waals surface area contributed by atoms with Crippen molar-refractivity contribution in [2.75, 3.05) is 19.6 Å². The van der Waals surface area contributed by atoms with E-state index in [4.69, 9.17) is 0 Å². The van der Waals surface area contributed by atoms with Crippen LogP contribution in [0.25, 0.3) is 0 Å². The highest BCUT2D eigenvalue weighted by molar-refractivity contribution is 4.81. The van der Waals surface area contributed by atoms with E-state index in [1.165, 1.54) is 12.8 Å². The topological polar surface area (TPSA) is 39.3 Å². The van der Waals surface area contributed by atoms with Crippen LogP contribution in [-0.2, 0) is 0 Å². The van der Waals surface area contributed by atoms with Crippen LogP contribution in [0, 0.1) is 5.92 Å². The van der Waals surface area contributed by atoms with Gasteiger partial charge in [0.15, 0.2) is 0 Å². The maximum absolute atomic E-state index is 3.59. The molecule has 0 aromatic heterocycles. The van der Waals surface area contributed by atoms with Crippen LogP contribution in [0.15, 0.2) is 0 Å². The van der Waals surface area contributed by atoms with Crippen molar-refractivity contribution in [1.82, 2.24) is 21.3 Å². The van der Waals surface area contributed by atoms with Crippen LogP contribution < -0.4 is 16.2 Å². The summed E-state index contributed by atoms with van der Waals surface area (Å²) in [6.07, 6.45) is 3.61. The third kappa shape index (κ3) is 8.90. The van der Waals surface area contributed by atoms with Gasteiger partial charge in [0, 0.05) is 19.1 Å². The maximum atomic E-state index is 3.59. The molecular formula is C16H38N4. The van der Waals surface area contributed by atoms with Gasteiger partial charge in [0.2, 0.25) is 0 Å². The van der Waals surface area contributed by atoms with Crippen molar-refractivity contribution in [3.8, 4) is 0 Å². The molecule has 20 heavy (non-hydrogen) atoms. The fourth-order valence-corrected chi connectivity index (χ4v) is 1.80. The fraction of sp³-hybridized carbons (Fsp3) is 1.00. The molecule has 0 aromatic carbocycles. The molecule has 3 N–H and O–H groups in total. The molecule has 0 aliphatic heterocycles. The van der Waals surface area contributed by atoms with Gasteiger partial charge in [-0.2, -0.15) is 5.12 Å². The maximum Gasteiger partial charge on any atom is 0.0577 e. The van der Waals surface area contributed by atoms with Crippen molar-refractivity contribution in [3.63, 3.8) is 0 Å². The van der Waals surface area contributed by atoms with E-state index < -0.39 is 0 Å². The summed E-state index contributed by atoms with van der Waals surface area (Å²) in [7, 11) is 0. The number of hydrogen-bond acceptors (Lipinski definition) is 4. The summed E-state index contributed by atoms with van der Waals surface area (Å²) in [5.74, 6) is 0.639. The standard InChI is InChI=1S/C16H38N4/c1-8-10-11-17-13-16(6,7)20(18-12-14(3)4)19-15(5)9-2/h14-15,17-19H,8-13H2,1-7H3. The summed E-state index contributed by atoms with van der Waals surface area (Å²) in [6.45, 7) is 18.7. The van der Waals surface area contributed by atoms with Crippen molar-refractivity contribution in [2.45, 2.75) is 79.3 Å². The minimum absolute atomic E-state index is 0.0338. The SMILES string of the molecule is CCCCNCC(C)(C)N(NCC(C)C)NC(C)CC. The van der Waals surface area contributed by atoms with Gasteiger partial charge in [-0.05, 0) is 46.1 Å². The summed E-state index contributed by atoms with van der Waals surface area (Å²) >= 11 is 0. The van der Waals surface area contributed by atoms with Crippen molar-refractivity contribution in [1.29, 1.82) is 0 Å². The summed E-state index contributed by atoms with van der Waals surface area (Å²) in [5.41, 5.74) is 7.17. The lowest BCUT2D eigenvalue weighted by Gasteiger charge is -2.41. The average Bonchev–Trinajstić information content (AvgIpc) is 2.38. The third-order valence-corrected chi connectivity index (χ3v) is 3.49. The Labute approximate surface area is 127 Å². The van der Waals surface area contributed by atoms with E-state index in [-0.39, 0.29) is 5.54 Å². The number of unbranched alkanes of at least 4 members (excludes halogenated alkanes) is 1. The van der Waals surface area contributed by atoms with Crippen LogP contribution in [0.3, 0.4) is 0 Å². The molecule has 0 heterocycles. The monoisotopic (exact) mass is 286 g/mol. The van der Waals surface area contributed by atoms with E-state index in [9.17, 15) is 0 Å². The summed E-state index contributed by atoms with van der Waals surface area (Å²) < 4.78 is 0. The van der Waals surface area contributed by atoms with Crippen molar-refractivity contribution >= 4 is 0 Å². The number of hydrazine groups is 2. The minimum atomic E-state index is 0.0338. The molecule has 0 saturated heterocycles. The average molecular weight is 287 g/mol. The molecule has 0 fully saturated rings. The molecule has 0 rings (SSSR count). The highest BCUT2D eigenvalue weighted by Gasteiger charge is 2.27. The Morgan fingerprint density at radius 2 is 1.75 bits per heavy atom. The number of hydrogen-bond donors (Lipinski definition) is 3. The molecule has 0 saturated carbocycles. The van der Waals surface area contributed by atoms with Crippen LogP contribution in [0.5, 0.6) is 0 Å². The van der Waals surface area contributed by atoms with Crippen LogP contribution in [0.1, 0.15) is 67.7 Å². The molecule has 0 aromatic rings. The molecule has 0 aliphatic carbocycles. The molecule has 4 nitrogen and oxygen atoms in total. The van der Waals surface area contributed by atoms with Crippen LogP contribution in [-0.4, -0.2) is 36.3 Å². The van der Waals surface area contributed by atoms with E-state index in [2.05, 4.69) is 69.8 Å². The van der Waals surface area contributed by atoms with Gasteiger partial charge in [0.1, 0.15) is 0 Å². The normalized spacial score (nSPS) is 14.2. The first-order valence-electron chi connectivity index (χ1n) is 8.34. The van der Waals surface area contributed by atoms with Crippen LogP contribution in [0.4, 0.5) is 0 Å². The Morgan fingerprint density at radius 3 is 2.25 bits per heavy atom. The van der Waals surface area contributed by atoms with Crippen molar-refractivity contribution in [3.05, 3.63) is 0 Å². The number of nitrogens with zero attached hydrogens (tertiary/aromatic N) is 1. The molecule has 1 atom stereocenters. The molecule has 1 unspecified atom stereocenters. The first kappa shape index (κ1) is 19.8. The Kier molecular flexibility index (Phi) is 10.5. The first-order valence-corrected chi connectivity index (χ1v) is 8.34. The summed E-state index contributed by atoms with van der Waals surface area (Å²) in [6, 6.07) is 0.476. The predicted octanol–water partition coefficient (Wildman–Crippen LogP) is 2.92. The minimum Gasteiger partial charge on any atom is -0.315 e. The van der Waals surface area contributed by atoms with Gasteiger partial charge in [-0.3, -0.25) is 0 Å². The lowest BCUT2D eigenvalue weighted by molar-refractivity contribution is -0.0129. The zero-order valence-electron chi connectivity index (χ0n) is 14.8. The second-order valence-electron chi connectivity index (χ2n) is 6.87. The fourth-order valence-electron chi connectivity index (χ4n) is 1.80. The second kappa shape index (κ2) is 10.6. The van der Waals surface area contributed by atoms with Crippen molar-refractivity contribution < 1.29 is 0 Å². The Balaban J connectivity index is 4.44. The van der Waals surface area contributed by atoms with E-state index in [0.717, 1.165) is 26.1 Å². The summed E-state index contributed by atoms with van der Waals surface area (Å²) in [4.78, 5) is 0. The Morgan fingerprint density at radius 1 is 1.10 bits per heavy atom. The second-order valence-corrected chi connectivity index (χ2v) is 6.87. The number of rotatable bonds is 12. The summed E-state index contributed by atoms with van der Waals surface area (Å²) in [5, 5.41) is 5.77. The highest BCUT2D eigenvalue weighted by Crippen LogP contribution is 2.10. The van der Waals surface area contributed by atoms with Gasteiger partial charge < -0.3 is 5.32 Å². The molecule has 0 amide bonds. The zero-order chi connectivity index (χ0) is 15.6. The van der Waals surface area contributed by atoms with E-state index in [0.29, 0.717) is 12.0 Å². The predicted molar refractivity (Wildman–Crippen MR) is 89.4 cm³/mol. The molecule has 4 heteroatoms. The third-order valence-electron chi connectivity index (χ3n) is 3.49. The molecular weight excluding hydrogens is 248 g/mol. The molecule has 122 valence electrons. The van der Waals surface area contributed by atoms with Gasteiger partial charge in [-0.1, -0.05) is 34.1 Å².